The third-order valence-corrected chi connectivity index (χ3v) is 3.51. The largest absolute Gasteiger partial charge is 0.385 e. The molecule has 1 heterocycles. The molecule has 0 saturated carbocycles. The van der Waals surface area contributed by atoms with Gasteiger partial charge in [-0.05, 0) is 47.0 Å². The number of halogens is 1. The molecule has 2 aromatic rings. The van der Waals surface area contributed by atoms with Crippen LogP contribution in [0.3, 0.4) is 0 Å². The summed E-state index contributed by atoms with van der Waals surface area (Å²) in [4.78, 5) is 4.23. The molecule has 0 spiro atoms. The lowest BCUT2D eigenvalue weighted by molar-refractivity contribution is 0.0515. The van der Waals surface area contributed by atoms with Crippen LogP contribution in [0.2, 0.25) is 0 Å². The van der Waals surface area contributed by atoms with Crippen LogP contribution in [0.1, 0.15) is 18.9 Å². The number of rotatable bonds is 5. The zero-order chi connectivity index (χ0) is 13.7. The molecular weight excluding hydrogens is 304 g/mol. The first-order valence-corrected chi connectivity index (χ1v) is 7.00. The Morgan fingerprint density at radius 1 is 1.21 bits per heavy atom. The van der Waals surface area contributed by atoms with Crippen molar-refractivity contribution in [3.8, 4) is 0 Å². The Balaban J connectivity index is 1.90. The summed E-state index contributed by atoms with van der Waals surface area (Å²) in [5, 5.41) is 13.6. The Labute approximate surface area is 121 Å². The van der Waals surface area contributed by atoms with Gasteiger partial charge in [-0.1, -0.05) is 30.3 Å². The van der Waals surface area contributed by atoms with Crippen molar-refractivity contribution in [3.63, 3.8) is 0 Å². The summed E-state index contributed by atoms with van der Waals surface area (Å²) in [6.07, 6.45) is 2.37. The molecule has 0 aliphatic carbocycles. The number of pyridine rings is 1. The van der Waals surface area contributed by atoms with Crippen LogP contribution in [0.15, 0.2) is 53.1 Å². The molecular formula is C15H17BrN2O. The number of nitrogens with zero attached hydrogens (tertiary/aromatic N) is 1. The minimum Gasteiger partial charge on any atom is -0.385 e. The summed E-state index contributed by atoms with van der Waals surface area (Å²) in [5.41, 5.74) is 0.101. The molecule has 0 bridgehead atoms. The smallest absolute Gasteiger partial charge is 0.125 e. The van der Waals surface area contributed by atoms with Crippen molar-refractivity contribution in [1.29, 1.82) is 0 Å². The fourth-order valence-corrected chi connectivity index (χ4v) is 2.09. The van der Waals surface area contributed by atoms with Gasteiger partial charge in [-0.25, -0.2) is 4.98 Å². The molecule has 2 N–H and O–H groups in total. The predicted molar refractivity (Wildman–Crippen MR) is 81.1 cm³/mol. The molecule has 0 amide bonds. The van der Waals surface area contributed by atoms with Gasteiger partial charge in [-0.2, -0.15) is 0 Å². The van der Waals surface area contributed by atoms with Crippen LogP contribution < -0.4 is 5.32 Å². The molecule has 1 unspecified atom stereocenters. The predicted octanol–water partition coefficient (Wildman–Crippen LogP) is 3.55. The molecule has 19 heavy (non-hydrogen) atoms. The average Bonchev–Trinajstić information content (AvgIpc) is 2.42. The molecule has 0 radical (unpaired) electrons. The van der Waals surface area contributed by atoms with E-state index in [1.807, 2.05) is 49.4 Å². The molecule has 0 aliphatic heterocycles. The molecule has 1 aromatic heterocycles. The first kappa shape index (κ1) is 14.0. The number of anilines is 1. The zero-order valence-corrected chi connectivity index (χ0v) is 12.4. The quantitative estimate of drug-likeness (QED) is 0.885. The van der Waals surface area contributed by atoms with Crippen LogP contribution in [-0.4, -0.2) is 16.6 Å². The molecule has 100 valence electrons. The summed E-state index contributed by atoms with van der Waals surface area (Å²) in [5.74, 6) is 0.812. The van der Waals surface area contributed by atoms with Crippen molar-refractivity contribution < 1.29 is 5.11 Å². The van der Waals surface area contributed by atoms with E-state index in [0.29, 0.717) is 13.0 Å². The van der Waals surface area contributed by atoms with E-state index in [1.165, 1.54) is 0 Å². The van der Waals surface area contributed by atoms with Gasteiger partial charge >= 0.3 is 0 Å². The van der Waals surface area contributed by atoms with Gasteiger partial charge in [0, 0.05) is 17.2 Å². The summed E-state index contributed by atoms with van der Waals surface area (Å²) in [6.45, 7) is 2.50. The van der Waals surface area contributed by atoms with E-state index in [9.17, 15) is 5.11 Å². The molecule has 0 saturated heterocycles. The van der Waals surface area contributed by atoms with Gasteiger partial charge in [-0.3, -0.25) is 0 Å². The van der Waals surface area contributed by atoms with Gasteiger partial charge in [0.05, 0.1) is 5.60 Å². The van der Waals surface area contributed by atoms with Crippen molar-refractivity contribution in [3.05, 3.63) is 58.7 Å². The van der Waals surface area contributed by atoms with Gasteiger partial charge in [0.1, 0.15) is 5.82 Å². The first-order chi connectivity index (χ1) is 9.08. The van der Waals surface area contributed by atoms with E-state index < -0.39 is 5.60 Å². The lowest BCUT2D eigenvalue weighted by Crippen LogP contribution is -2.24. The Hall–Kier alpha value is -1.39. The molecule has 0 aliphatic rings. The van der Waals surface area contributed by atoms with Crippen LogP contribution in [0, 0.1) is 0 Å². The molecule has 3 nitrogen and oxygen atoms in total. The topological polar surface area (TPSA) is 45.1 Å². The number of aliphatic hydroxyl groups is 1. The second-order valence-electron chi connectivity index (χ2n) is 4.68. The summed E-state index contributed by atoms with van der Waals surface area (Å²) >= 11 is 3.35. The van der Waals surface area contributed by atoms with Gasteiger partial charge in [0.2, 0.25) is 0 Å². The molecule has 0 fully saturated rings. The Morgan fingerprint density at radius 2 is 1.95 bits per heavy atom. The molecule has 1 aromatic carbocycles. The number of hydrogen-bond donors (Lipinski definition) is 2. The Morgan fingerprint density at radius 3 is 2.58 bits per heavy atom. The van der Waals surface area contributed by atoms with Crippen molar-refractivity contribution in [2.24, 2.45) is 0 Å². The summed E-state index contributed by atoms with van der Waals surface area (Å²) in [6, 6.07) is 13.5. The second-order valence-corrected chi connectivity index (χ2v) is 5.59. The maximum atomic E-state index is 10.4. The van der Waals surface area contributed by atoms with Crippen LogP contribution in [-0.2, 0) is 5.60 Å². The highest BCUT2D eigenvalue weighted by Crippen LogP contribution is 2.24. The normalized spacial score (nSPS) is 13.8. The first-order valence-electron chi connectivity index (χ1n) is 6.21. The fraction of sp³-hybridized carbons (Fsp3) is 0.267. The van der Waals surface area contributed by atoms with Crippen molar-refractivity contribution in [2.75, 3.05) is 11.9 Å². The molecule has 2 rings (SSSR count). The van der Waals surface area contributed by atoms with Gasteiger partial charge in [-0.15, -0.1) is 0 Å². The van der Waals surface area contributed by atoms with Crippen molar-refractivity contribution in [2.45, 2.75) is 18.9 Å². The molecule has 4 heteroatoms. The number of benzene rings is 1. The average molecular weight is 321 g/mol. The lowest BCUT2D eigenvalue weighted by Gasteiger charge is -2.24. The standard InChI is InChI=1S/C15H17BrN2O/c1-15(19,12-5-3-2-4-6-12)9-10-17-14-8-7-13(16)11-18-14/h2-8,11,19H,9-10H2,1H3,(H,17,18). The summed E-state index contributed by atoms with van der Waals surface area (Å²) < 4.78 is 0.953. The lowest BCUT2D eigenvalue weighted by atomic mass is 9.93. The van der Waals surface area contributed by atoms with Crippen LogP contribution in [0.25, 0.3) is 0 Å². The van der Waals surface area contributed by atoms with Crippen molar-refractivity contribution >= 4 is 21.7 Å². The Kier molecular flexibility index (Phi) is 4.56. The van der Waals surface area contributed by atoms with Crippen LogP contribution in [0.4, 0.5) is 5.82 Å². The third kappa shape index (κ3) is 4.04. The SMILES string of the molecule is CC(O)(CCNc1ccc(Br)cn1)c1ccccc1. The van der Waals surface area contributed by atoms with Gasteiger partial charge in [0.25, 0.3) is 0 Å². The van der Waals surface area contributed by atoms with E-state index in [2.05, 4.69) is 26.2 Å². The zero-order valence-electron chi connectivity index (χ0n) is 10.8. The maximum Gasteiger partial charge on any atom is 0.125 e. The molecule has 1 atom stereocenters. The van der Waals surface area contributed by atoms with Crippen molar-refractivity contribution in [1.82, 2.24) is 4.98 Å². The monoisotopic (exact) mass is 320 g/mol. The highest BCUT2D eigenvalue weighted by molar-refractivity contribution is 9.10. The number of nitrogens with one attached hydrogen (secondary N) is 1. The third-order valence-electron chi connectivity index (χ3n) is 3.04. The summed E-state index contributed by atoms with van der Waals surface area (Å²) in [7, 11) is 0. The highest BCUT2D eigenvalue weighted by atomic mass is 79.9. The van der Waals surface area contributed by atoms with E-state index in [1.54, 1.807) is 6.20 Å². The van der Waals surface area contributed by atoms with Gasteiger partial charge < -0.3 is 10.4 Å². The van der Waals surface area contributed by atoms with E-state index >= 15 is 0 Å². The number of aromatic nitrogens is 1. The minimum absolute atomic E-state index is 0.620. The minimum atomic E-state index is -0.830. The second kappa shape index (κ2) is 6.17. The highest BCUT2D eigenvalue weighted by Gasteiger charge is 2.21. The fourth-order valence-electron chi connectivity index (χ4n) is 1.86. The number of hydrogen-bond acceptors (Lipinski definition) is 3. The van der Waals surface area contributed by atoms with E-state index in [4.69, 9.17) is 0 Å². The van der Waals surface area contributed by atoms with E-state index in [-0.39, 0.29) is 0 Å². The van der Waals surface area contributed by atoms with Gasteiger partial charge in [0.15, 0.2) is 0 Å². The Bertz CT molecular complexity index is 511. The van der Waals surface area contributed by atoms with E-state index in [0.717, 1.165) is 15.9 Å². The maximum absolute atomic E-state index is 10.4. The van der Waals surface area contributed by atoms with Crippen LogP contribution in [0.5, 0.6) is 0 Å². The van der Waals surface area contributed by atoms with Crippen LogP contribution >= 0.6 is 15.9 Å².